The van der Waals surface area contributed by atoms with Gasteiger partial charge in [-0.05, 0) is 24.1 Å². The maximum atomic E-state index is 13.6. The smallest absolute Gasteiger partial charge is 0.142 e. The molecule has 1 aromatic carbocycles. The average Bonchev–Trinajstić information content (AvgIpc) is 2.40. The molecule has 1 aromatic rings. The van der Waals surface area contributed by atoms with E-state index >= 15 is 0 Å². The number of piperazine rings is 1. The molecule has 0 radical (unpaired) electrons. The van der Waals surface area contributed by atoms with Gasteiger partial charge in [0.05, 0.1) is 5.02 Å². The Balaban J connectivity index is 0.00000180. The molecule has 0 aliphatic carbocycles. The van der Waals surface area contributed by atoms with Crippen LogP contribution in [-0.4, -0.2) is 31.1 Å². The fraction of sp³-hybridized carbons (Fsp3) is 0.571. The topological polar surface area (TPSA) is 15.3 Å². The third-order valence-corrected chi connectivity index (χ3v) is 3.79. The van der Waals surface area contributed by atoms with Crippen LogP contribution in [0.5, 0.6) is 0 Å². The van der Waals surface area contributed by atoms with E-state index in [0.29, 0.717) is 6.04 Å². The van der Waals surface area contributed by atoms with Crippen molar-refractivity contribution in [2.75, 3.05) is 26.2 Å². The van der Waals surface area contributed by atoms with Crippen LogP contribution in [0.25, 0.3) is 0 Å². The minimum atomic E-state index is -0.314. The first kappa shape index (κ1) is 19.9. The predicted octanol–water partition coefficient (Wildman–Crippen LogP) is 4.07. The lowest BCUT2D eigenvalue weighted by molar-refractivity contribution is 0.164. The summed E-state index contributed by atoms with van der Waals surface area (Å²) in [5, 5.41) is 3.55. The van der Waals surface area contributed by atoms with Gasteiger partial charge in [0, 0.05) is 32.2 Å². The fourth-order valence-corrected chi connectivity index (χ4v) is 2.66. The van der Waals surface area contributed by atoms with Gasteiger partial charge in [-0.1, -0.05) is 31.0 Å². The highest BCUT2D eigenvalue weighted by atomic mass is 35.5. The van der Waals surface area contributed by atoms with Crippen LogP contribution in [0.15, 0.2) is 18.2 Å². The van der Waals surface area contributed by atoms with Crippen molar-refractivity contribution >= 4 is 36.4 Å². The molecule has 0 spiro atoms. The van der Waals surface area contributed by atoms with E-state index in [0.717, 1.165) is 44.6 Å². The molecule has 6 heteroatoms. The van der Waals surface area contributed by atoms with Crippen LogP contribution in [0.4, 0.5) is 4.39 Å². The van der Waals surface area contributed by atoms with E-state index in [1.807, 2.05) is 6.07 Å². The van der Waals surface area contributed by atoms with Crippen LogP contribution < -0.4 is 5.32 Å². The summed E-state index contributed by atoms with van der Waals surface area (Å²) in [6, 6.07) is 5.51. The first-order valence-electron chi connectivity index (χ1n) is 6.62. The number of nitrogens with zero attached hydrogens (tertiary/aromatic N) is 1. The third kappa shape index (κ3) is 5.05. The maximum absolute atomic E-state index is 13.6. The average molecular weight is 344 g/mol. The zero-order chi connectivity index (χ0) is 13.0. The molecule has 0 saturated carbocycles. The molecule has 116 valence electrons. The van der Waals surface area contributed by atoms with Crippen molar-refractivity contribution in [2.24, 2.45) is 0 Å². The number of halogens is 4. The second-order valence-electron chi connectivity index (χ2n) is 4.76. The number of rotatable bonds is 4. The minimum Gasteiger partial charge on any atom is -0.314 e. The Kier molecular flexibility index (Phi) is 9.77. The Morgan fingerprint density at radius 2 is 1.95 bits per heavy atom. The molecule has 2 nitrogen and oxygen atoms in total. The highest BCUT2D eigenvalue weighted by Gasteiger charge is 2.21. The summed E-state index contributed by atoms with van der Waals surface area (Å²) in [6.07, 6.45) is 2.15. The molecule has 1 fully saturated rings. The Bertz CT molecular complexity index is 398. The van der Waals surface area contributed by atoms with Gasteiger partial charge in [-0.3, -0.25) is 4.90 Å². The largest absolute Gasteiger partial charge is 0.314 e. The van der Waals surface area contributed by atoms with Crippen LogP contribution in [0, 0.1) is 5.82 Å². The molecule has 0 amide bonds. The van der Waals surface area contributed by atoms with E-state index in [-0.39, 0.29) is 35.7 Å². The first-order valence-corrected chi connectivity index (χ1v) is 7.00. The normalized spacial score (nSPS) is 16.9. The van der Waals surface area contributed by atoms with Crippen molar-refractivity contribution in [1.29, 1.82) is 0 Å². The standard InChI is InChI=1S/C14H20ClFN2.2ClH/c1-2-3-14(18-8-6-17-7-9-18)11-4-5-12(15)13(16)10-11;;/h4-5,10,14,17H,2-3,6-9H2,1H3;2*1H/t14-;;/m0../s1. The number of hydrogen-bond acceptors (Lipinski definition) is 2. The number of benzene rings is 1. The lowest BCUT2D eigenvalue weighted by Crippen LogP contribution is -2.45. The van der Waals surface area contributed by atoms with E-state index in [9.17, 15) is 4.39 Å². The van der Waals surface area contributed by atoms with Crippen LogP contribution in [0.1, 0.15) is 31.4 Å². The van der Waals surface area contributed by atoms with E-state index in [2.05, 4.69) is 17.1 Å². The molecule has 20 heavy (non-hydrogen) atoms. The van der Waals surface area contributed by atoms with Crippen LogP contribution in [0.2, 0.25) is 5.02 Å². The van der Waals surface area contributed by atoms with Crippen molar-refractivity contribution in [3.05, 3.63) is 34.6 Å². The summed E-state index contributed by atoms with van der Waals surface area (Å²) in [4.78, 5) is 2.43. The molecule has 2 rings (SSSR count). The number of nitrogens with one attached hydrogen (secondary N) is 1. The molecular weight excluding hydrogens is 322 g/mol. The van der Waals surface area contributed by atoms with Gasteiger partial charge in [-0.2, -0.15) is 0 Å². The van der Waals surface area contributed by atoms with Gasteiger partial charge in [0.15, 0.2) is 0 Å². The number of hydrogen-bond donors (Lipinski definition) is 1. The Hall–Kier alpha value is -0.0600. The molecule has 1 saturated heterocycles. The van der Waals surface area contributed by atoms with Gasteiger partial charge < -0.3 is 5.32 Å². The van der Waals surface area contributed by atoms with E-state index in [1.54, 1.807) is 12.1 Å². The molecule has 1 heterocycles. The Morgan fingerprint density at radius 3 is 2.50 bits per heavy atom. The molecular formula is C14H22Cl3FN2. The molecule has 1 N–H and O–H groups in total. The minimum absolute atomic E-state index is 0. The monoisotopic (exact) mass is 342 g/mol. The molecule has 1 aliphatic heterocycles. The summed E-state index contributed by atoms with van der Waals surface area (Å²) in [5.74, 6) is -0.314. The van der Waals surface area contributed by atoms with Crippen LogP contribution >= 0.6 is 36.4 Å². The molecule has 0 unspecified atom stereocenters. The Morgan fingerprint density at radius 1 is 1.30 bits per heavy atom. The molecule has 0 aromatic heterocycles. The first-order chi connectivity index (χ1) is 8.72. The van der Waals surface area contributed by atoms with Crippen molar-refractivity contribution in [1.82, 2.24) is 10.2 Å². The van der Waals surface area contributed by atoms with Gasteiger partial charge >= 0.3 is 0 Å². The van der Waals surface area contributed by atoms with E-state index < -0.39 is 0 Å². The lowest BCUT2D eigenvalue weighted by atomic mass is 10.00. The summed E-state index contributed by atoms with van der Waals surface area (Å²) in [7, 11) is 0. The van der Waals surface area contributed by atoms with Gasteiger partial charge in [-0.25, -0.2) is 4.39 Å². The van der Waals surface area contributed by atoms with Gasteiger partial charge in [0.1, 0.15) is 5.82 Å². The lowest BCUT2D eigenvalue weighted by Gasteiger charge is -2.35. The summed E-state index contributed by atoms with van der Waals surface area (Å²) < 4.78 is 13.6. The van der Waals surface area contributed by atoms with E-state index in [4.69, 9.17) is 11.6 Å². The fourth-order valence-electron chi connectivity index (χ4n) is 2.55. The predicted molar refractivity (Wildman–Crippen MR) is 88.0 cm³/mol. The zero-order valence-corrected chi connectivity index (χ0v) is 14.0. The van der Waals surface area contributed by atoms with Gasteiger partial charge in [0.2, 0.25) is 0 Å². The van der Waals surface area contributed by atoms with Crippen molar-refractivity contribution in [2.45, 2.75) is 25.8 Å². The molecule has 1 atom stereocenters. The molecule has 0 bridgehead atoms. The highest BCUT2D eigenvalue weighted by Crippen LogP contribution is 2.28. The second kappa shape index (κ2) is 9.80. The summed E-state index contributed by atoms with van der Waals surface area (Å²) in [6.45, 7) is 6.23. The third-order valence-electron chi connectivity index (χ3n) is 3.48. The van der Waals surface area contributed by atoms with Gasteiger partial charge in [-0.15, -0.1) is 24.8 Å². The van der Waals surface area contributed by atoms with Crippen molar-refractivity contribution in [3.63, 3.8) is 0 Å². The van der Waals surface area contributed by atoms with E-state index in [1.165, 1.54) is 0 Å². The molecule has 1 aliphatic rings. The highest BCUT2D eigenvalue weighted by molar-refractivity contribution is 6.30. The van der Waals surface area contributed by atoms with Gasteiger partial charge in [0.25, 0.3) is 0 Å². The zero-order valence-electron chi connectivity index (χ0n) is 11.6. The van der Waals surface area contributed by atoms with Crippen LogP contribution in [-0.2, 0) is 0 Å². The summed E-state index contributed by atoms with van der Waals surface area (Å²) in [5.41, 5.74) is 1.04. The SMILES string of the molecule is CCC[C@@H](c1ccc(Cl)c(F)c1)N1CCNCC1.Cl.Cl. The quantitative estimate of drug-likeness (QED) is 0.886. The maximum Gasteiger partial charge on any atom is 0.142 e. The Labute approximate surface area is 137 Å². The second-order valence-corrected chi connectivity index (χ2v) is 5.17. The van der Waals surface area contributed by atoms with Crippen LogP contribution in [0.3, 0.4) is 0 Å². The van der Waals surface area contributed by atoms with Crippen molar-refractivity contribution < 1.29 is 4.39 Å². The summed E-state index contributed by atoms with van der Waals surface area (Å²) >= 11 is 5.75. The van der Waals surface area contributed by atoms with Crippen molar-refractivity contribution in [3.8, 4) is 0 Å².